The van der Waals surface area contributed by atoms with Gasteiger partial charge in [-0.05, 0) is 25.0 Å². The fourth-order valence-electron chi connectivity index (χ4n) is 3.58. The maximum absolute atomic E-state index is 12.6. The van der Waals surface area contributed by atoms with E-state index in [0.29, 0.717) is 5.76 Å². The summed E-state index contributed by atoms with van der Waals surface area (Å²) in [4.78, 5) is 15.0. The first-order valence-corrected chi connectivity index (χ1v) is 8.76. The van der Waals surface area contributed by atoms with Crippen molar-refractivity contribution in [2.24, 2.45) is 0 Å². The van der Waals surface area contributed by atoms with E-state index in [4.69, 9.17) is 4.42 Å². The number of hydrogen-bond donors (Lipinski definition) is 1. The average Bonchev–Trinajstić information content (AvgIpc) is 3.20. The molecule has 1 saturated heterocycles. The quantitative estimate of drug-likeness (QED) is 0.790. The lowest BCUT2D eigenvalue weighted by molar-refractivity contribution is 0.0911. The number of likely N-dealkylation sites (tertiary alicyclic amines) is 1. The van der Waals surface area contributed by atoms with Gasteiger partial charge in [0.1, 0.15) is 5.58 Å². The van der Waals surface area contributed by atoms with E-state index < -0.39 is 0 Å². The summed E-state index contributed by atoms with van der Waals surface area (Å²) < 4.78 is 5.77. The van der Waals surface area contributed by atoms with Crippen LogP contribution in [0.4, 0.5) is 0 Å². The Bertz CT molecular complexity index is 885. The minimum absolute atomic E-state index is 0.111. The molecule has 4 heteroatoms. The first-order chi connectivity index (χ1) is 12.2. The molecule has 1 unspecified atom stereocenters. The Hall–Kier alpha value is -2.59. The zero-order valence-electron chi connectivity index (χ0n) is 14.4. The van der Waals surface area contributed by atoms with E-state index in [1.165, 1.54) is 5.56 Å². The third-order valence-corrected chi connectivity index (χ3v) is 4.91. The summed E-state index contributed by atoms with van der Waals surface area (Å²) in [7, 11) is 0. The van der Waals surface area contributed by atoms with E-state index in [1.54, 1.807) is 0 Å². The standard InChI is InChI=1S/C21H22N2O2/c1-15-18-9-5-6-10-19(18)25-20(15)21(24)22-17-11-12-23(14-17)13-16-7-3-2-4-8-16/h2-10,17H,11-14H2,1H3,(H,22,24). The van der Waals surface area contributed by atoms with Crippen LogP contribution in [0.1, 0.15) is 28.1 Å². The molecule has 1 aliphatic heterocycles. The number of benzene rings is 2. The number of aryl methyl sites for hydroxylation is 1. The van der Waals surface area contributed by atoms with Crippen LogP contribution in [0.2, 0.25) is 0 Å². The number of rotatable bonds is 4. The van der Waals surface area contributed by atoms with Crippen molar-refractivity contribution < 1.29 is 9.21 Å². The molecule has 0 bridgehead atoms. The van der Waals surface area contributed by atoms with E-state index in [1.807, 2.05) is 37.3 Å². The number of furan rings is 1. The molecular weight excluding hydrogens is 312 g/mol. The minimum atomic E-state index is -0.111. The minimum Gasteiger partial charge on any atom is -0.451 e. The second-order valence-electron chi connectivity index (χ2n) is 6.73. The first kappa shape index (κ1) is 15.9. The molecule has 2 aromatic carbocycles. The molecule has 3 aromatic rings. The van der Waals surface area contributed by atoms with Crippen molar-refractivity contribution >= 4 is 16.9 Å². The van der Waals surface area contributed by atoms with Gasteiger partial charge in [0.25, 0.3) is 5.91 Å². The normalized spacial score (nSPS) is 17.9. The van der Waals surface area contributed by atoms with Gasteiger partial charge in [-0.15, -0.1) is 0 Å². The lowest BCUT2D eigenvalue weighted by Crippen LogP contribution is -2.37. The van der Waals surface area contributed by atoms with E-state index in [9.17, 15) is 4.79 Å². The van der Waals surface area contributed by atoms with Crippen molar-refractivity contribution in [3.05, 3.63) is 71.5 Å². The van der Waals surface area contributed by atoms with Crippen LogP contribution in [0, 0.1) is 6.92 Å². The van der Waals surface area contributed by atoms with Crippen LogP contribution in [0.5, 0.6) is 0 Å². The number of hydrogen-bond acceptors (Lipinski definition) is 3. The SMILES string of the molecule is Cc1c(C(=O)NC2CCN(Cc3ccccc3)C2)oc2ccccc12. The van der Waals surface area contributed by atoms with Gasteiger partial charge in [-0.3, -0.25) is 9.69 Å². The van der Waals surface area contributed by atoms with Crippen molar-refractivity contribution in [1.82, 2.24) is 10.2 Å². The molecule has 0 radical (unpaired) electrons. The highest BCUT2D eigenvalue weighted by molar-refractivity contribution is 5.99. The molecule has 1 aromatic heterocycles. The summed E-state index contributed by atoms with van der Waals surface area (Å²) in [6.07, 6.45) is 0.970. The van der Waals surface area contributed by atoms with Gasteiger partial charge in [-0.25, -0.2) is 0 Å². The van der Waals surface area contributed by atoms with E-state index in [2.05, 4.69) is 34.5 Å². The van der Waals surface area contributed by atoms with Gasteiger partial charge in [0, 0.05) is 36.6 Å². The molecule has 2 heterocycles. The average molecular weight is 334 g/mol. The highest BCUT2D eigenvalue weighted by Gasteiger charge is 2.26. The van der Waals surface area contributed by atoms with Crippen molar-refractivity contribution in [3.63, 3.8) is 0 Å². The van der Waals surface area contributed by atoms with Crippen LogP contribution in [-0.4, -0.2) is 29.9 Å². The largest absolute Gasteiger partial charge is 0.451 e. The van der Waals surface area contributed by atoms with Gasteiger partial charge >= 0.3 is 0 Å². The van der Waals surface area contributed by atoms with Crippen LogP contribution in [0.15, 0.2) is 59.0 Å². The van der Waals surface area contributed by atoms with Gasteiger partial charge in [-0.1, -0.05) is 48.5 Å². The third kappa shape index (κ3) is 3.30. The fraction of sp³-hybridized carbons (Fsp3) is 0.286. The number of amides is 1. The first-order valence-electron chi connectivity index (χ1n) is 8.76. The number of carbonyl (C=O) groups excluding carboxylic acids is 1. The zero-order chi connectivity index (χ0) is 17.2. The molecule has 0 spiro atoms. The van der Waals surface area contributed by atoms with Crippen molar-refractivity contribution in [2.45, 2.75) is 25.9 Å². The van der Waals surface area contributed by atoms with Crippen LogP contribution in [0.25, 0.3) is 11.0 Å². The number of nitrogens with zero attached hydrogens (tertiary/aromatic N) is 1. The van der Waals surface area contributed by atoms with Crippen molar-refractivity contribution in [3.8, 4) is 0 Å². The molecule has 1 aliphatic rings. The molecule has 1 atom stereocenters. The second kappa shape index (κ2) is 6.73. The molecule has 4 rings (SSSR count). The van der Waals surface area contributed by atoms with Gasteiger partial charge < -0.3 is 9.73 Å². The number of nitrogens with one attached hydrogen (secondary N) is 1. The highest BCUT2D eigenvalue weighted by Crippen LogP contribution is 2.25. The Labute approximate surface area is 147 Å². The molecule has 0 saturated carbocycles. The Morgan fingerprint density at radius 3 is 2.72 bits per heavy atom. The Morgan fingerprint density at radius 2 is 1.92 bits per heavy atom. The molecule has 4 nitrogen and oxygen atoms in total. The lowest BCUT2D eigenvalue weighted by atomic mass is 10.1. The smallest absolute Gasteiger partial charge is 0.287 e. The van der Waals surface area contributed by atoms with Gasteiger partial charge in [0.2, 0.25) is 0 Å². The molecule has 1 fully saturated rings. The summed E-state index contributed by atoms with van der Waals surface area (Å²) in [6.45, 7) is 4.74. The molecule has 128 valence electrons. The Kier molecular flexibility index (Phi) is 4.28. The monoisotopic (exact) mass is 334 g/mol. The molecule has 1 amide bonds. The summed E-state index contributed by atoms with van der Waals surface area (Å²) >= 11 is 0. The lowest BCUT2D eigenvalue weighted by Gasteiger charge is -2.16. The summed E-state index contributed by atoms with van der Waals surface area (Å²) in [6, 6.07) is 18.4. The predicted molar refractivity (Wildman–Crippen MR) is 98.5 cm³/mol. The van der Waals surface area contributed by atoms with Crippen LogP contribution < -0.4 is 5.32 Å². The molecule has 25 heavy (non-hydrogen) atoms. The maximum Gasteiger partial charge on any atom is 0.287 e. The predicted octanol–water partition coefficient (Wildman–Crippen LogP) is 3.75. The highest BCUT2D eigenvalue weighted by atomic mass is 16.3. The number of fused-ring (bicyclic) bond motifs is 1. The molecular formula is C21H22N2O2. The molecule has 1 N–H and O–H groups in total. The third-order valence-electron chi connectivity index (χ3n) is 4.91. The molecule has 0 aliphatic carbocycles. The summed E-state index contributed by atoms with van der Waals surface area (Å²) in [5, 5.41) is 4.14. The number of para-hydroxylation sites is 1. The Balaban J connectivity index is 1.40. The van der Waals surface area contributed by atoms with Crippen LogP contribution >= 0.6 is 0 Å². The van der Waals surface area contributed by atoms with E-state index in [-0.39, 0.29) is 11.9 Å². The second-order valence-corrected chi connectivity index (χ2v) is 6.73. The fourth-order valence-corrected chi connectivity index (χ4v) is 3.58. The van der Waals surface area contributed by atoms with Gasteiger partial charge in [0.05, 0.1) is 0 Å². The van der Waals surface area contributed by atoms with Gasteiger partial charge in [0.15, 0.2) is 5.76 Å². The van der Waals surface area contributed by atoms with E-state index in [0.717, 1.165) is 42.6 Å². The zero-order valence-corrected chi connectivity index (χ0v) is 14.4. The topological polar surface area (TPSA) is 45.5 Å². The van der Waals surface area contributed by atoms with E-state index >= 15 is 0 Å². The van der Waals surface area contributed by atoms with Crippen LogP contribution in [0.3, 0.4) is 0 Å². The van der Waals surface area contributed by atoms with Crippen molar-refractivity contribution in [1.29, 1.82) is 0 Å². The van der Waals surface area contributed by atoms with Gasteiger partial charge in [-0.2, -0.15) is 0 Å². The van der Waals surface area contributed by atoms with Crippen molar-refractivity contribution in [2.75, 3.05) is 13.1 Å². The number of carbonyl (C=O) groups is 1. The maximum atomic E-state index is 12.6. The Morgan fingerprint density at radius 1 is 1.16 bits per heavy atom. The summed E-state index contributed by atoms with van der Waals surface area (Å²) in [5.74, 6) is 0.322. The summed E-state index contributed by atoms with van der Waals surface area (Å²) in [5.41, 5.74) is 2.98. The van der Waals surface area contributed by atoms with Crippen LogP contribution in [-0.2, 0) is 6.54 Å².